The predicted molar refractivity (Wildman–Crippen MR) is 61.6 cm³/mol. The van der Waals surface area contributed by atoms with E-state index in [9.17, 15) is 4.79 Å². The van der Waals surface area contributed by atoms with Crippen LogP contribution in [-0.2, 0) is 0 Å². The van der Waals surface area contributed by atoms with Gasteiger partial charge in [-0.2, -0.15) is 0 Å². The summed E-state index contributed by atoms with van der Waals surface area (Å²) in [6.45, 7) is 0. The van der Waals surface area contributed by atoms with Crippen LogP contribution in [0.15, 0.2) is 42.6 Å². The molecular formula is C12H8ClNO2. The van der Waals surface area contributed by atoms with Gasteiger partial charge in [-0.1, -0.05) is 23.7 Å². The van der Waals surface area contributed by atoms with Gasteiger partial charge in [0.15, 0.2) is 0 Å². The summed E-state index contributed by atoms with van der Waals surface area (Å²) in [5, 5.41) is 9.18. The van der Waals surface area contributed by atoms with Crippen LogP contribution < -0.4 is 0 Å². The molecule has 1 aromatic heterocycles. The first-order valence-electron chi connectivity index (χ1n) is 4.63. The van der Waals surface area contributed by atoms with Crippen LogP contribution in [0.1, 0.15) is 10.4 Å². The molecule has 2 rings (SSSR count). The highest BCUT2D eigenvalue weighted by molar-refractivity contribution is 6.33. The summed E-state index contributed by atoms with van der Waals surface area (Å²) in [5.41, 5.74) is 1.63. The van der Waals surface area contributed by atoms with Crippen LogP contribution in [0.5, 0.6) is 0 Å². The first-order valence-corrected chi connectivity index (χ1v) is 5.00. The van der Waals surface area contributed by atoms with Gasteiger partial charge in [-0.15, -0.1) is 0 Å². The van der Waals surface area contributed by atoms with Crippen molar-refractivity contribution in [2.45, 2.75) is 0 Å². The molecule has 0 saturated heterocycles. The first kappa shape index (κ1) is 10.6. The molecule has 0 aliphatic carbocycles. The molecule has 0 aliphatic heterocycles. The van der Waals surface area contributed by atoms with Crippen molar-refractivity contribution in [2.24, 2.45) is 0 Å². The lowest BCUT2D eigenvalue weighted by molar-refractivity contribution is 0.0697. The summed E-state index contributed by atoms with van der Waals surface area (Å²) in [5.74, 6) is -0.991. The van der Waals surface area contributed by atoms with Crippen molar-refractivity contribution in [3.63, 3.8) is 0 Å². The molecule has 0 unspecified atom stereocenters. The number of nitrogens with zero attached hydrogens (tertiary/aromatic N) is 1. The number of carbonyl (C=O) groups is 1. The molecule has 1 heterocycles. The predicted octanol–water partition coefficient (Wildman–Crippen LogP) is 3.10. The topological polar surface area (TPSA) is 50.2 Å². The molecule has 0 saturated carbocycles. The van der Waals surface area contributed by atoms with Crippen molar-refractivity contribution in [2.75, 3.05) is 0 Å². The van der Waals surface area contributed by atoms with Gasteiger partial charge in [0.2, 0.25) is 0 Å². The Labute approximate surface area is 97.3 Å². The normalized spacial score (nSPS) is 10.1. The Morgan fingerprint density at radius 2 is 2.06 bits per heavy atom. The molecule has 3 nitrogen and oxygen atoms in total. The van der Waals surface area contributed by atoms with Crippen LogP contribution in [0.3, 0.4) is 0 Å². The standard InChI is InChI=1S/C12H8ClNO2/c13-10-7-8(12(15)16)4-5-9(10)11-3-1-2-6-14-11/h1-7H,(H,15,16). The maximum absolute atomic E-state index is 10.7. The van der Waals surface area contributed by atoms with Crippen molar-refractivity contribution in [3.05, 3.63) is 53.2 Å². The van der Waals surface area contributed by atoms with Gasteiger partial charge in [-0.25, -0.2) is 4.79 Å². The molecule has 0 amide bonds. The average molecular weight is 234 g/mol. The fourth-order valence-electron chi connectivity index (χ4n) is 1.38. The summed E-state index contributed by atoms with van der Waals surface area (Å²) in [6, 6.07) is 10.1. The maximum Gasteiger partial charge on any atom is 0.335 e. The van der Waals surface area contributed by atoms with Crippen molar-refractivity contribution in [1.82, 2.24) is 4.98 Å². The van der Waals surface area contributed by atoms with Crippen LogP contribution in [0.25, 0.3) is 11.3 Å². The molecule has 2 aromatic rings. The van der Waals surface area contributed by atoms with Gasteiger partial charge in [0.1, 0.15) is 0 Å². The zero-order valence-electron chi connectivity index (χ0n) is 8.22. The number of carboxylic acids is 1. The molecule has 1 N–H and O–H groups in total. The smallest absolute Gasteiger partial charge is 0.335 e. The summed E-state index contributed by atoms with van der Waals surface area (Å²) in [4.78, 5) is 14.9. The molecule has 0 aliphatic rings. The van der Waals surface area contributed by atoms with E-state index in [1.54, 1.807) is 12.3 Å². The lowest BCUT2D eigenvalue weighted by atomic mass is 10.1. The summed E-state index contributed by atoms with van der Waals surface area (Å²) < 4.78 is 0. The Kier molecular flexibility index (Phi) is 2.88. The molecule has 0 radical (unpaired) electrons. The average Bonchev–Trinajstić information content (AvgIpc) is 2.30. The van der Waals surface area contributed by atoms with Gasteiger partial charge in [-0.05, 0) is 24.3 Å². The summed E-state index contributed by atoms with van der Waals surface area (Å²) in [7, 11) is 0. The quantitative estimate of drug-likeness (QED) is 0.867. The molecule has 0 fully saturated rings. The second kappa shape index (κ2) is 4.33. The number of halogens is 1. The van der Waals surface area contributed by atoms with E-state index in [0.717, 1.165) is 11.3 Å². The van der Waals surface area contributed by atoms with E-state index in [-0.39, 0.29) is 5.56 Å². The Balaban J connectivity index is 2.48. The molecule has 0 bridgehead atoms. The van der Waals surface area contributed by atoms with E-state index in [1.807, 2.05) is 18.2 Å². The van der Waals surface area contributed by atoms with E-state index in [1.165, 1.54) is 12.1 Å². The van der Waals surface area contributed by atoms with E-state index >= 15 is 0 Å². The summed E-state index contributed by atoms with van der Waals surface area (Å²) >= 11 is 6.00. The largest absolute Gasteiger partial charge is 0.478 e. The zero-order valence-corrected chi connectivity index (χ0v) is 8.98. The SMILES string of the molecule is O=C(O)c1ccc(-c2ccccn2)c(Cl)c1. The Bertz CT molecular complexity index is 526. The zero-order chi connectivity index (χ0) is 11.5. The number of carboxylic acid groups (broad SMARTS) is 1. The van der Waals surface area contributed by atoms with E-state index < -0.39 is 5.97 Å². The Hall–Kier alpha value is -1.87. The Morgan fingerprint density at radius 3 is 2.62 bits per heavy atom. The van der Waals surface area contributed by atoms with Gasteiger partial charge >= 0.3 is 5.97 Å². The maximum atomic E-state index is 10.7. The number of aromatic carboxylic acids is 1. The van der Waals surface area contributed by atoms with Gasteiger partial charge in [0, 0.05) is 11.8 Å². The first-order chi connectivity index (χ1) is 7.68. The number of hydrogen-bond acceptors (Lipinski definition) is 2. The fourth-order valence-corrected chi connectivity index (χ4v) is 1.66. The minimum Gasteiger partial charge on any atom is -0.478 e. The fraction of sp³-hybridized carbons (Fsp3) is 0. The molecule has 80 valence electrons. The van der Waals surface area contributed by atoms with Crippen molar-refractivity contribution in [3.8, 4) is 11.3 Å². The van der Waals surface area contributed by atoms with Crippen LogP contribution in [-0.4, -0.2) is 16.1 Å². The van der Waals surface area contributed by atoms with Crippen LogP contribution >= 0.6 is 11.6 Å². The van der Waals surface area contributed by atoms with Crippen molar-refractivity contribution in [1.29, 1.82) is 0 Å². The summed E-state index contributed by atoms with van der Waals surface area (Å²) in [6.07, 6.45) is 1.66. The van der Waals surface area contributed by atoms with Crippen molar-refractivity contribution < 1.29 is 9.90 Å². The second-order valence-electron chi connectivity index (χ2n) is 3.21. The third-order valence-electron chi connectivity index (χ3n) is 2.16. The highest BCUT2D eigenvalue weighted by Gasteiger charge is 2.08. The third-order valence-corrected chi connectivity index (χ3v) is 2.47. The lowest BCUT2D eigenvalue weighted by Gasteiger charge is -2.04. The van der Waals surface area contributed by atoms with Gasteiger partial charge in [0.25, 0.3) is 0 Å². The van der Waals surface area contributed by atoms with Crippen molar-refractivity contribution >= 4 is 17.6 Å². The number of pyridine rings is 1. The third kappa shape index (κ3) is 2.04. The second-order valence-corrected chi connectivity index (χ2v) is 3.62. The molecule has 4 heteroatoms. The lowest BCUT2D eigenvalue weighted by Crippen LogP contribution is -1.96. The van der Waals surface area contributed by atoms with Crippen LogP contribution in [0.4, 0.5) is 0 Å². The van der Waals surface area contributed by atoms with Gasteiger partial charge in [-0.3, -0.25) is 4.98 Å². The number of aromatic nitrogens is 1. The van der Waals surface area contributed by atoms with E-state index in [2.05, 4.69) is 4.98 Å². The molecule has 0 atom stereocenters. The minimum absolute atomic E-state index is 0.171. The molecular weight excluding hydrogens is 226 g/mol. The monoisotopic (exact) mass is 233 g/mol. The van der Waals surface area contributed by atoms with Gasteiger partial charge < -0.3 is 5.11 Å². The number of hydrogen-bond donors (Lipinski definition) is 1. The Morgan fingerprint density at radius 1 is 1.25 bits per heavy atom. The molecule has 0 spiro atoms. The highest BCUT2D eigenvalue weighted by atomic mass is 35.5. The number of rotatable bonds is 2. The molecule has 16 heavy (non-hydrogen) atoms. The van der Waals surface area contributed by atoms with E-state index in [0.29, 0.717) is 5.02 Å². The van der Waals surface area contributed by atoms with Crippen LogP contribution in [0, 0.1) is 0 Å². The van der Waals surface area contributed by atoms with E-state index in [4.69, 9.17) is 16.7 Å². The van der Waals surface area contributed by atoms with Gasteiger partial charge in [0.05, 0.1) is 16.3 Å². The molecule has 1 aromatic carbocycles. The minimum atomic E-state index is -0.991. The van der Waals surface area contributed by atoms with Crippen LogP contribution in [0.2, 0.25) is 5.02 Å². The highest BCUT2D eigenvalue weighted by Crippen LogP contribution is 2.26. The number of benzene rings is 1.